The zero-order chi connectivity index (χ0) is 14.5. The summed E-state index contributed by atoms with van der Waals surface area (Å²) >= 11 is 0. The quantitative estimate of drug-likeness (QED) is 0.827. The molecule has 0 radical (unpaired) electrons. The lowest BCUT2D eigenvalue weighted by Crippen LogP contribution is -2.32. The van der Waals surface area contributed by atoms with E-state index in [2.05, 4.69) is 0 Å². The highest BCUT2D eigenvalue weighted by Gasteiger charge is 2.32. The van der Waals surface area contributed by atoms with Crippen molar-refractivity contribution in [2.75, 3.05) is 25.0 Å². The molecule has 1 aromatic carbocycles. The lowest BCUT2D eigenvalue weighted by molar-refractivity contribution is -0.117. The highest BCUT2D eigenvalue weighted by molar-refractivity contribution is 7.89. The predicted octanol–water partition coefficient (Wildman–Crippen LogP) is -0.0728. The molecule has 0 unspecified atom stereocenters. The van der Waals surface area contributed by atoms with Gasteiger partial charge in [0.05, 0.1) is 11.3 Å². The molecule has 1 aromatic rings. The molecule has 2 N–H and O–H groups in total. The number of nitrogens with two attached hydrogens (primary N) is 1. The molecule has 3 rings (SSSR count). The third-order valence-corrected chi connectivity index (χ3v) is 5.81. The summed E-state index contributed by atoms with van der Waals surface area (Å²) in [5.41, 5.74) is 7.32. The number of sulfonamides is 1. The normalized spacial score (nSPS) is 23.4. The maximum atomic E-state index is 12.5. The number of likely N-dealkylation sites (N-methyl/N-ethyl adjacent to an activating group) is 1. The van der Waals surface area contributed by atoms with Gasteiger partial charge in [-0.25, -0.2) is 8.42 Å². The van der Waals surface area contributed by atoms with Crippen LogP contribution in [-0.2, 0) is 21.2 Å². The summed E-state index contributed by atoms with van der Waals surface area (Å²) in [4.78, 5) is 13.4. The topological polar surface area (TPSA) is 83.7 Å². The second-order valence-corrected chi connectivity index (χ2v) is 7.27. The first-order valence-electron chi connectivity index (χ1n) is 6.55. The summed E-state index contributed by atoms with van der Waals surface area (Å²) in [6, 6.07) is 4.78. The fourth-order valence-electron chi connectivity index (χ4n) is 2.73. The zero-order valence-corrected chi connectivity index (χ0v) is 12.1. The van der Waals surface area contributed by atoms with Crippen molar-refractivity contribution in [1.29, 1.82) is 0 Å². The van der Waals surface area contributed by atoms with E-state index < -0.39 is 10.0 Å². The number of rotatable bonds is 2. The first kappa shape index (κ1) is 13.5. The van der Waals surface area contributed by atoms with Gasteiger partial charge in [0, 0.05) is 31.9 Å². The molecule has 0 spiro atoms. The molecule has 20 heavy (non-hydrogen) atoms. The van der Waals surface area contributed by atoms with Crippen LogP contribution in [0.3, 0.4) is 0 Å². The minimum absolute atomic E-state index is 0.0160. The molecule has 0 aromatic heterocycles. The Kier molecular flexibility index (Phi) is 3.07. The monoisotopic (exact) mass is 295 g/mol. The van der Waals surface area contributed by atoms with Crippen LogP contribution >= 0.6 is 0 Å². The second kappa shape index (κ2) is 4.54. The fourth-order valence-corrected chi connectivity index (χ4v) is 4.29. The van der Waals surface area contributed by atoms with Gasteiger partial charge in [-0.15, -0.1) is 0 Å². The molecular weight excluding hydrogens is 278 g/mol. The molecule has 0 saturated carbocycles. The second-order valence-electron chi connectivity index (χ2n) is 5.33. The van der Waals surface area contributed by atoms with Crippen molar-refractivity contribution >= 4 is 21.6 Å². The number of carbonyl (C=O) groups excluding carboxylic acids is 1. The minimum atomic E-state index is -3.50. The van der Waals surface area contributed by atoms with E-state index in [1.54, 1.807) is 30.1 Å². The number of carbonyl (C=O) groups is 1. The van der Waals surface area contributed by atoms with Gasteiger partial charge in [0.1, 0.15) is 0 Å². The van der Waals surface area contributed by atoms with E-state index >= 15 is 0 Å². The van der Waals surface area contributed by atoms with E-state index in [4.69, 9.17) is 5.73 Å². The van der Waals surface area contributed by atoms with Crippen molar-refractivity contribution in [2.24, 2.45) is 5.73 Å². The standard InChI is InChI=1S/C13H17N3O3S/c1-15-12-3-2-11(6-9(12)7-13(15)17)20(18,19)16-5-4-10(14)8-16/h2-3,6,10H,4-5,7-8,14H2,1H3/t10-/m0/s1. The van der Waals surface area contributed by atoms with Gasteiger partial charge in [0.15, 0.2) is 0 Å². The van der Waals surface area contributed by atoms with Gasteiger partial charge < -0.3 is 10.6 Å². The summed E-state index contributed by atoms with van der Waals surface area (Å²) in [5, 5.41) is 0. The Bertz CT molecular complexity index is 671. The molecule has 7 heteroatoms. The number of nitrogens with zero attached hydrogens (tertiary/aromatic N) is 2. The van der Waals surface area contributed by atoms with E-state index in [0.717, 1.165) is 11.3 Å². The lowest BCUT2D eigenvalue weighted by atomic mass is 10.2. The molecule has 1 fully saturated rings. The Hall–Kier alpha value is -1.44. The van der Waals surface area contributed by atoms with Gasteiger partial charge in [-0.3, -0.25) is 4.79 Å². The summed E-state index contributed by atoms with van der Waals surface area (Å²) < 4.78 is 26.4. The largest absolute Gasteiger partial charge is 0.326 e. The molecule has 0 aliphatic carbocycles. The Morgan fingerprint density at radius 2 is 2.10 bits per heavy atom. The minimum Gasteiger partial charge on any atom is -0.326 e. The Morgan fingerprint density at radius 1 is 1.35 bits per heavy atom. The Morgan fingerprint density at radius 3 is 2.75 bits per heavy atom. The van der Waals surface area contributed by atoms with Crippen LogP contribution in [0.15, 0.2) is 23.1 Å². The average Bonchev–Trinajstić information content (AvgIpc) is 2.95. The van der Waals surface area contributed by atoms with Gasteiger partial charge in [-0.1, -0.05) is 0 Å². The van der Waals surface area contributed by atoms with Crippen LogP contribution in [0.1, 0.15) is 12.0 Å². The van der Waals surface area contributed by atoms with Gasteiger partial charge in [0.2, 0.25) is 15.9 Å². The van der Waals surface area contributed by atoms with E-state index in [1.165, 1.54) is 4.31 Å². The molecule has 6 nitrogen and oxygen atoms in total. The van der Waals surface area contributed by atoms with Crippen LogP contribution in [0, 0.1) is 0 Å². The molecule has 108 valence electrons. The van der Waals surface area contributed by atoms with Crippen molar-refractivity contribution in [3.05, 3.63) is 23.8 Å². The first-order chi connectivity index (χ1) is 9.39. The van der Waals surface area contributed by atoms with E-state index in [0.29, 0.717) is 19.5 Å². The van der Waals surface area contributed by atoms with E-state index in [9.17, 15) is 13.2 Å². The van der Waals surface area contributed by atoms with Crippen LogP contribution in [-0.4, -0.2) is 44.8 Å². The lowest BCUT2D eigenvalue weighted by Gasteiger charge is -2.17. The van der Waals surface area contributed by atoms with Gasteiger partial charge >= 0.3 is 0 Å². The summed E-state index contributed by atoms with van der Waals surface area (Å²) in [6.07, 6.45) is 0.945. The van der Waals surface area contributed by atoms with E-state index in [1.807, 2.05) is 0 Å². The molecule has 0 bridgehead atoms. The molecule has 2 aliphatic heterocycles. The highest BCUT2D eigenvalue weighted by atomic mass is 32.2. The van der Waals surface area contributed by atoms with Crippen LogP contribution in [0.25, 0.3) is 0 Å². The van der Waals surface area contributed by atoms with E-state index in [-0.39, 0.29) is 23.3 Å². The summed E-state index contributed by atoms with van der Waals surface area (Å²) in [5.74, 6) is -0.0160. The van der Waals surface area contributed by atoms with Crippen LogP contribution in [0.5, 0.6) is 0 Å². The highest BCUT2D eigenvalue weighted by Crippen LogP contribution is 2.31. The Balaban J connectivity index is 1.96. The average molecular weight is 295 g/mol. The van der Waals surface area contributed by atoms with Gasteiger partial charge in [-0.2, -0.15) is 4.31 Å². The van der Waals surface area contributed by atoms with Crippen molar-refractivity contribution in [1.82, 2.24) is 4.31 Å². The zero-order valence-electron chi connectivity index (χ0n) is 11.2. The number of benzene rings is 1. The Labute approximate surface area is 118 Å². The molecule has 2 heterocycles. The number of hydrogen-bond donors (Lipinski definition) is 1. The summed E-state index contributed by atoms with van der Waals surface area (Å²) in [7, 11) is -1.81. The molecule has 2 aliphatic rings. The number of anilines is 1. The van der Waals surface area contributed by atoms with Crippen molar-refractivity contribution in [3.63, 3.8) is 0 Å². The first-order valence-corrected chi connectivity index (χ1v) is 7.99. The van der Waals surface area contributed by atoms with Gasteiger partial charge in [0.25, 0.3) is 0 Å². The number of fused-ring (bicyclic) bond motifs is 1. The molecular formula is C13H17N3O3S. The molecule has 1 saturated heterocycles. The van der Waals surface area contributed by atoms with Crippen molar-refractivity contribution < 1.29 is 13.2 Å². The predicted molar refractivity (Wildman–Crippen MR) is 74.9 cm³/mol. The number of hydrogen-bond acceptors (Lipinski definition) is 4. The summed E-state index contributed by atoms with van der Waals surface area (Å²) in [6.45, 7) is 0.817. The molecule has 1 atom stereocenters. The smallest absolute Gasteiger partial charge is 0.243 e. The number of amides is 1. The molecule has 1 amide bonds. The van der Waals surface area contributed by atoms with Crippen molar-refractivity contribution in [3.8, 4) is 0 Å². The van der Waals surface area contributed by atoms with Crippen LogP contribution < -0.4 is 10.6 Å². The third-order valence-electron chi connectivity index (χ3n) is 3.95. The third kappa shape index (κ3) is 2.02. The SMILES string of the molecule is CN1C(=O)Cc2cc(S(=O)(=O)N3CC[C@H](N)C3)ccc21. The van der Waals surface area contributed by atoms with Crippen LogP contribution in [0.2, 0.25) is 0 Å². The maximum Gasteiger partial charge on any atom is 0.243 e. The van der Waals surface area contributed by atoms with Crippen LogP contribution in [0.4, 0.5) is 5.69 Å². The van der Waals surface area contributed by atoms with Gasteiger partial charge in [-0.05, 0) is 30.2 Å². The fraction of sp³-hybridized carbons (Fsp3) is 0.462. The maximum absolute atomic E-state index is 12.5. The van der Waals surface area contributed by atoms with Crippen molar-refractivity contribution in [2.45, 2.75) is 23.8 Å².